The molecule has 1 saturated carbocycles. The smallest absolute Gasteiger partial charge is 0.253 e. The molecule has 6 rings (SSSR count). The van der Waals surface area contributed by atoms with Crippen molar-refractivity contribution in [2.75, 3.05) is 38.2 Å². The van der Waals surface area contributed by atoms with Gasteiger partial charge in [-0.1, -0.05) is 12.1 Å². The summed E-state index contributed by atoms with van der Waals surface area (Å²) in [6.45, 7) is 9.19. The third-order valence-corrected chi connectivity index (χ3v) is 8.67. The van der Waals surface area contributed by atoms with Crippen LogP contribution in [0, 0.1) is 26.7 Å². The lowest BCUT2D eigenvalue weighted by Crippen LogP contribution is -2.56. The quantitative estimate of drug-likeness (QED) is 0.490. The number of rotatable bonds is 6. The Hall–Kier alpha value is -3.20. The van der Waals surface area contributed by atoms with Gasteiger partial charge in [0.25, 0.3) is 5.78 Å². The maximum absolute atomic E-state index is 12.8. The Bertz CT molecular complexity index is 1310. The summed E-state index contributed by atoms with van der Waals surface area (Å²) in [5.74, 6) is 3.19. The number of fused-ring (bicyclic) bond motifs is 1. The molecular weight excluding hydrogens is 480 g/mol. The number of aromatic nitrogens is 4. The zero-order chi connectivity index (χ0) is 26.4. The van der Waals surface area contributed by atoms with Crippen molar-refractivity contribution in [3.05, 3.63) is 47.0 Å². The van der Waals surface area contributed by atoms with E-state index >= 15 is 0 Å². The highest BCUT2D eigenvalue weighted by Gasteiger charge is 2.36. The average molecular weight is 519 g/mol. The second-order valence-corrected chi connectivity index (χ2v) is 11.2. The zero-order valence-corrected chi connectivity index (χ0v) is 22.9. The molecule has 0 spiro atoms. The number of hydrogen-bond donors (Lipinski definition) is 0. The third kappa shape index (κ3) is 4.72. The summed E-state index contributed by atoms with van der Waals surface area (Å²) >= 11 is 0. The summed E-state index contributed by atoms with van der Waals surface area (Å²) in [4.78, 5) is 26.1. The summed E-state index contributed by atoms with van der Waals surface area (Å²) in [5, 5.41) is 4.46. The molecule has 3 fully saturated rings. The minimum Gasteiger partial charge on any atom is -0.485 e. The Morgan fingerprint density at radius 1 is 0.921 bits per heavy atom. The number of benzene rings is 1. The number of aryl methyl sites for hydroxylation is 3. The highest BCUT2D eigenvalue weighted by atomic mass is 16.5. The first-order valence-corrected chi connectivity index (χ1v) is 13.9. The van der Waals surface area contributed by atoms with E-state index in [9.17, 15) is 4.79 Å². The monoisotopic (exact) mass is 518 g/mol. The van der Waals surface area contributed by atoms with Crippen molar-refractivity contribution in [1.82, 2.24) is 24.5 Å². The van der Waals surface area contributed by atoms with E-state index in [4.69, 9.17) is 9.47 Å². The number of anilines is 1. The van der Waals surface area contributed by atoms with Gasteiger partial charge in [0.2, 0.25) is 5.91 Å². The van der Waals surface area contributed by atoms with Crippen LogP contribution >= 0.6 is 0 Å². The van der Waals surface area contributed by atoms with Crippen LogP contribution in [0.3, 0.4) is 0 Å². The Labute approximate surface area is 224 Å². The van der Waals surface area contributed by atoms with Crippen molar-refractivity contribution in [2.24, 2.45) is 5.92 Å². The van der Waals surface area contributed by atoms with Crippen LogP contribution in [0.25, 0.3) is 5.78 Å². The fourth-order valence-corrected chi connectivity index (χ4v) is 6.31. The second kappa shape index (κ2) is 10.2. The van der Waals surface area contributed by atoms with Crippen LogP contribution in [0.15, 0.2) is 24.3 Å². The number of hydrogen-bond acceptors (Lipinski definition) is 7. The van der Waals surface area contributed by atoms with Crippen molar-refractivity contribution in [3.63, 3.8) is 0 Å². The van der Waals surface area contributed by atoms with Crippen molar-refractivity contribution >= 4 is 17.4 Å². The van der Waals surface area contributed by atoms with E-state index in [2.05, 4.69) is 44.2 Å². The topological polar surface area (TPSA) is 85.1 Å². The highest BCUT2D eigenvalue weighted by Crippen LogP contribution is 2.38. The van der Waals surface area contributed by atoms with Crippen LogP contribution in [0.1, 0.15) is 60.8 Å². The molecule has 1 atom stereocenters. The lowest BCUT2D eigenvalue weighted by molar-refractivity contribution is -0.148. The van der Waals surface area contributed by atoms with E-state index < -0.39 is 0 Å². The molecule has 9 nitrogen and oxygen atoms in total. The molecule has 2 aromatic heterocycles. The number of ether oxygens (including phenoxy) is 2. The molecule has 1 amide bonds. The predicted molar refractivity (Wildman–Crippen MR) is 145 cm³/mol. The number of carbonyl (C=O) groups excluding carboxylic acids is 1. The van der Waals surface area contributed by atoms with Crippen LogP contribution in [-0.4, -0.2) is 75.9 Å². The zero-order valence-electron chi connectivity index (χ0n) is 22.9. The second-order valence-electron chi connectivity index (χ2n) is 11.2. The number of likely N-dealkylation sites (tertiary alicyclic amines) is 1. The van der Waals surface area contributed by atoms with E-state index in [1.54, 1.807) is 11.6 Å². The molecule has 0 radical (unpaired) electrons. The largest absolute Gasteiger partial charge is 0.485 e. The number of carbonyl (C=O) groups is 1. The molecule has 1 aromatic carbocycles. The predicted octanol–water partition coefficient (Wildman–Crippen LogP) is 3.84. The third-order valence-electron chi connectivity index (χ3n) is 8.67. The van der Waals surface area contributed by atoms with Crippen LogP contribution in [0.2, 0.25) is 0 Å². The fourth-order valence-electron chi connectivity index (χ4n) is 6.31. The molecule has 38 heavy (non-hydrogen) atoms. The lowest BCUT2D eigenvalue weighted by atomic mass is 9.78. The van der Waals surface area contributed by atoms with E-state index in [1.807, 2.05) is 25.7 Å². The standard InChI is InChI=1S/C29H38N6O3/c1-18-27(19(2)35-29(30-18)31-20(3)32-35)38-25-13-14-33(15-25)24-11-9-22(10-12-24)21-5-7-23(8-6-21)28(36)34-16-26(17-34)37-4/h9-12,21,23,25-26H,5-8,13-17H2,1-4H3/t21-,23-,25-/m1/s1. The normalized spacial score (nSPS) is 24.2. The summed E-state index contributed by atoms with van der Waals surface area (Å²) in [7, 11) is 1.72. The van der Waals surface area contributed by atoms with Crippen LogP contribution < -0.4 is 9.64 Å². The van der Waals surface area contributed by atoms with Crippen molar-refractivity contribution in [1.29, 1.82) is 0 Å². The molecule has 2 saturated heterocycles. The van der Waals surface area contributed by atoms with Crippen molar-refractivity contribution in [2.45, 2.75) is 71.0 Å². The van der Waals surface area contributed by atoms with Gasteiger partial charge in [-0.2, -0.15) is 9.50 Å². The molecule has 3 aliphatic rings. The Morgan fingerprint density at radius 3 is 2.37 bits per heavy atom. The van der Waals surface area contributed by atoms with Crippen LogP contribution in [0.4, 0.5) is 5.69 Å². The van der Waals surface area contributed by atoms with Gasteiger partial charge < -0.3 is 19.3 Å². The molecule has 9 heteroatoms. The fraction of sp³-hybridized carbons (Fsp3) is 0.586. The first-order valence-electron chi connectivity index (χ1n) is 13.9. The summed E-state index contributed by atoms with van der Waals surface area (Å²) in [6.07, 6.45) is 5.43. The molecule has 4 heterocycles. The summed E-state index contributed by atoms with van der Waals surface area (Å²) in [5.41, 5.74) is 4.42. The van der Waals surface area contributed by atoms with Gasteiger partial charge in [-0.15, -0.1) is 5.10 Å². The Morgan fingerprint density at radius 2 is 1.66 bits per heavy atom. The van der Waals surface area contributed by atoms with E-state index in [1.165, 1.54) is 11.3 Å². The van der Waals surface area contributed by atoms with Gasteiger partial charge in [0.15, 0.2) is 5.75 Å². The molecule has 0 bridgehead atoms. The minimum atomic E-state index is 0.106. The van der Waals surface area contributed by atoms with Crippen molar-refractivity contribution < 1.29 is 14.3 Å². The first kappa shape index (κ1) is 25.1. The van der Waals surface area contributed by atoms with Gasteiger partial charge in [-0.05, 0) is 70.1 Å². The van der Waals surface area contributed by atoms with Gasteiger partial charge in [0, 0.05) is 44.8 Å². The van der Waals surface area contributed by atoms with Crippen LogP contribution in [0.5, 0.6) is 5.75 Å². The van der Waals surface area contributed by atoms with Crippen LogP contribution in [-0.2, 0) is 9.53 Å². The molecule has 1 aliphatic carbocycles. The Kier molecular flexibility index (Phi) is 6.72. The first-order chi connectivity index (χ1) is 18.4. The van der Waals surface area contributed by atoms with Gasteiger partial charge in [0.05, 0.1) is 24.0 Å². The SMILES string of the molecule is COC1CN(C(=O)[C@H]2CC[C@H](c3ccc(N4CC[C@@H](Oc5c(C)nc6nc(C)nn6c5C)C4)cc3)CC2)C1. The van der Waals surface area contributed by atoms with Gasteiger partial charge >= 0.3 is 0 Å². The number of nitrogens with zero attached hydrogens (tertiary/aromatic N) is 6. The molecule has 0 N–H and O–H groups in total. The summed E-state index contributed by atoms with van der Waals surface area (Å²) in [6, 6.07) is 9.08. The maximum atomic E-state index is 12.8. The minimum absolute atomic E-state index is 0.106. The maximum Gasteiger partial charge on any atom is 0.253 e. The molecule has 202 valence electrons. The number of methoxy groups -OCH3 is 1. The van der Waals surface area contributed by atoms with E-state index in [0.29, 0.717) is 23.4 Å². The number of amides is 1. The van der Waals surface area contributed by atoms with Gasteiger partial charge in [0.1, 0.15) is 11.9 Å². The molecule has 3 aromatic rings. The molecular formula is C29H38N6O3. The van der Waals surface area contributed by atoms with Crippen molar-refractivity contribution in [3.8, 4) is 5.75 Å². The molecule has 0 unspecified atom stereocenters. The van der Waals surface area contributed by atoms with E-state index in [-0.39, 0.29) is 18.1 Å². The Balaban J connectivity index is 1.03. The summed E-state index contributed by atoms with van der Waals surface area (Å²) < 4.78 is 13.6. The molecule has 2 aliphatic heterocycles. The highest BCUT2D eigenvalue weighted by molar-refractivity contribution is 5.79. The average Bonchev–Trinajstić information content (AvgIpc) is 3.52. The van der Waals surface area contributed by atoms with E-state index in [0.717, 1.165) is 75.4 Å². The van der Waals surface area contributed by atoms with Gasteiger partial charge in [-0.25, -0.2) is 4.98 Å². The lowest BCUT2D eigenvalue weighted by Gasteiger charge is -2.41. The van der Waals surface area contributed by atoms with Gasteiger partial charge in [-0.3, -0.25) is 4.79 Å².